The van der Waals surface area contributed by atoms with Crippen LogP contribution in [-0.4, -0.2) is 28.7 Å². The molecule has 0 N–H and O–H groups in total. The van der Waals surface area contributed by atoms with Gasteiger partial charge in [-0.05, 0) is 30.5 Å². The summed E-state index contributed by atoms with van der Waals surface area (Å²) in [4.78, 5) is 12.8. The van der Waals surface area contributed by atoms with E-state index < -0.39 is 16.1 Å². The van der Waals surface area contributed by atoms with Crippen LogP contribution in [0.4, 0.5) is 0 Å². The minimum atomic E-state index is -1.54. The fourth-order valence-electron chi connectivity index (χ4n) is 2.49. The molecule has 0 saturated carbocycles. The number of hydrogen-bond acceptors (Lipinski definition) is 2. The Bertz CT molecular complexity index is 804. The fourth-order valence-corrected chi connectivity index (χ4v) is 3.52. The van der Waals surface area contributed by atoms with Gasteiger partial charge in [-0.15, -0.1) is 11.1 Å². The summed E-state index contributed by atoms with van der Waals surface area (Å²) in [5.41, 5.74) is 8.86. The van der Waals surface area contributed by atoms with E-state index in [9.17, 15) is 4.79 Å². The first kappa shape index (κ1) is 25.3. The maximum atomic E-state index is 12.8. The molecular formula is C25H38O2Si2. The van der Waals surface area contributed by atoms with Gasteiger partial charge >= 0.3 is 5.97 Å². The van der Waals surface area contributed by atoms with Crippen molar-refractivity contribution in [2.75, 3.05) is 6.61 Å². The number of ether oxygens (including phenoxy) is 1. The van der Waals surface area contributed by atoms with Crippen molar-refractivity contribution in [1.29, 1.82) is 0 Å². The molecule has 0 aliphatic carbocycles. The molecule has 1 aromatic carbocycles. The molecule has 29 heavy (non-hydrogen) atoms. The van der Waals surface area contributed by atoms with Gasteiger partial charge in [-0.2, -0.15) is 0 Å². The second-order valence-corrected chi connectivity index (χ2v) is 19.6. The molecule has 0 bridgehead atoms. The molecule has 0 fully saturated rings. The van der Waals surface area contributed by atoms with Crippen LogP contribution in [0.2, 0.25) is 39.3 Å². The van der Waals surface area contributed by atoms with E-state index >= 15 is 0 Å². The Kier molecular flexibility index (Phi) is 9.97. The number of unbranched alkanes of at least 4 members (excludes halogenated alkanes) is 2. The van der Waals surface area contributed by atoms with E-state index in [1.165, 1.54) is 12.8 Å². The average Bonchev–Trinajstić information content (AvgIpc) is 2.59. The highest BCUT2D eigenvalue weighted by atomic mass is 28.3. The van der Waals surface area contributed by atoms with Crippen molar-refractivity contribution in [1.82, 2.24) is 0 Å². The lowest BCUT2D eigenvalue weighted by Crippen LogP contribution is -2.17. The van der Waals surface area contributed by atoms with Gasteiger partial charge in [-0.1, -0.05) is 84.2 Å². The molecule has 0 aliphatic heterocycles. The van der Waals surface area contributed by atoms with Crippen molar-refractivity contribution in [3.63, 3.8) is 0 Å². The van der Waals surface area contributed by atoms with Gasteiger partial charge in [0.25, 0.3) is 0 Å². The first-order chi connectivity index (χ1) is 13.4. The summed E-state index contributed by atoms with van der Waals surface area (Å²) in [6.07, 6.45) is 4.41. The van der Waals surface area contributed by atoms with Gasteiger partial charge < -0.3 is 4.74 Å². The Morgan fingerprint density at radius 1 is 0.931 bits per heavy atom. The molecule has 0 radical (unpaired) electrons. The maximum Gasteiger partial charge on any atom is 0.339 e. The topological polar surface area (TPSA) is 26.3 Å². The lowest BCUT2D eigenvalue weighted by atomic mass is 10.0. The maximum absolute atomic E-state index is 12.8. The van der Waals surface area contributed by atoms with Gasteiger partial charge in [-0.3, -0.25) is 0 Å². The zero-order valence-electron chi connectivity index (χ0n) is 19.7. The van der Waals surface area contributed by atoms with Crippen LogP contribution in [-0.2, 0) is 4.74 Å². The van der Waals surface area contributed by atoms with Crippen molar-refractivity contribution >= 4 is 22.1 Å². The molecule has 0 aliphatic rings. The van der Waals surface area contributed by atoms with E-state index in [1.807, 2.05) is 18.2 Å². The van der Waals surface area contributed by atoms with Crippen LogP contribution in [0.25, 0.3) is 0 Å². The predicted molar refractivity (Wildman–Crippen MR) is 130 cm³/mol. The predicted octanol–water partition coefficient (Wildman–Crippen LogP) is 6.52. The van der Waals surface area contributed by atoms with Gasteiger partial charge in [0, 0.05) is 11.1 Å². The SMILES string of the molecule is CC(C)CCCCCOC(=O)c1cc(C#C[Si](C)(C)C)ccc1C#C[Si](C)(C)C. The Balaban J connectivity index is 2.97. The van der Waals surface area contributed by atoms with Gasteiger partial charge in [0.2, 0.25) is 0 Å². The number of esters is 1. The molecule has 0 aromatic heterocycles. The summed E-state index contributed by atoms with van der Waals surface area (Å²) in [6.45, 7) is 18.2. The summed E-state index contributed by atoms with van der Waals surface area (Å²) in [7, 11) is -3.02. The second-order valence-electron chi connectivity index (χ2n) is 10.1. The Morgan fingerprint density at radius 3 is 2.14 bits per heavy atom. The van der Waals surface area contributed by atoms with E-state index in [0.29, 0.717) is 12.2 Å². The van der Waals surface area contributed by atoms with Crippen molar-refractivity contribution in [3.8, 4) is 22.9 Å². The van der Waals surface area contributed by atoms with E-state index in [4.69, 9.17) is 4.74 Å². The van der Waals surface area contributed by atoms with Crippen LogP contribution in [0.3, 0.4) is 0 Å². The van der Waals surface area contributed by atoms with E-state index in [0.717, 1.165) is 29.9 Å². The number of carbonyl (C=O) groups is 1. The van der Waals surface area contributed by atoms with Crippen molar-refractivity contribution < 1.29 is 9.53 Å². The Labute approximate surface area is 180 Å². The lowest BCUT2D eigenvalue weighted by molar-refractivity contribution is 0.0497. The van der Waals surface area contributed by atoms with Crippen LogP contribution in [0.1, 0.15) is 61.0 Å². The number of benzene rings is 1. The zero-order valence-corrected chi connectivity index (χ0v) is 21.7. The summed E-state index contributed by atoms with van der Waals surface area (Å²) < 4.78 is 5.57. The largest absolute Gasteiger partial charge is 0.462 e. The molecule has 1 rings (SSSR count). The summed E-state index contributed by atoms with van der Waals surface area (Å²) in [5, 5.41) is 0. The van der Waals surface area contributed by atoms with Crippen LogP contribution in [0, 0.1) is 28.8 Å². The third kappa shape index (κ3) is 11.7. The Hall–Kier alpha value is -1.76. The normalized spacial score (nSPS) is 11.3. The van der Waals surface area contributed by atoms with Crippen LogP contribution in [0.15, 0.2) is 18.2 Å². The standard InChI is InChI=1S/C25H38O2Si2/c1-21(2)12-10-9-11-17-27-25(26)24-20-22(15-18-28(3,4)5)13-14-23(24)16-19-29(6,7)8/h13-14,20-21H,9-12,17H2,1-8H3. The van der Waals surface area contributed by atoms with Crippen molar-refractivity contribution in [2.24, 2.45) is 5.92 Å². The molecule has 0 saturated heterocycles. The third-order valence-electron chi connectivity index (χ3n) is 4.05. The summed E-state index contributed by atoms with van der Waals surface area (Å²) in [6, 6.07) is 5.73. The minimum Gasteiger partial charge on any atom is -0.462 e. The quantitative estimate of drug-likeness (QED) is 0.215. The highest BCUT2D eigenvalue weighted by Crippen LogP contribution is 2.15. The lowest BCUT2D eigenvalue weighted by Gasteiger charge is -2.09. The highest BCUT2D eigenvalue weighted by Gasteiger charge is 2.15. The van der Waals surface area contributed by atoms with E-state index in [-0.39, 0.29) is 5.97 Å². The van der Waals surface area contributed by atoms with Gasteiger partial charge in [0.05, 0.1) is 12.2 Å². The van der Waals surface area contributed by atoms with Crippen LogP contribution in [0.5, 0.6) is 0 Å². The number of hydrogen-bond donors (Lipinski definition) is 0. The molecule has 0 amide bonds. The smallest absolute Gasteiger partial charge is 0.339 e. The van der Waals surface area contributed by atoms with E-state index in [2.05, 4.69) is 76.1 Å². The van der Waals surface area contributed by atoms with Gasteiger partial charge in [0.15, 0.2) is 0 Å². The Morgan fingerprint density at radius 2 is 1.55 bits per heavy atom. The van der Waals surface area contributed by atoms with Crippen LogP contribution >= 0.6 is 0 Å². The molecule has 158 valence electrons. The molecule has 1 aromatic rings. The summed E-state index contributed by atoms with van der Waals surface area (Å²) >= 11 is 0. The monoisotopic (exact) mass is 426 g/mol. The molecule has 0 atom stereocenters. The van der Waals surface area contributed by atoms with Crippen molar-refractivity contribution in [2.45, 2.75) is 78.8 Å². The number of rotatable bonds is 7. The molecule has 0 heterocycles. The first-order valence-electron chi connectivity index (χ1n) is 10.7. The zero-order chi connectivity index (χ0) is 22.1. The third-order valence-corrected chi connectivity index (χ3v) is 5.80. The first-order valence-corrected chi connectivity index (χ1v) is 17.7. The minimum absolute atomic E-state index is 0.287. The number of carbonyl (C=O) groups excluding carboxylic acids is 1. The average molecular weight is 427 g/mol. The molecule has 4 heteroatoms. The molecule has 2 nitrogen and oxygen atoms in total. The fraction of sp³-hybridized carbons (Fsp3) is 0.560. The molecule has 0 spiro atoms. The second kappa shape index (κ2) is 11.4. The molecule has 0 unspecified atom stereocenters. The van der Waals surface area contributed by atoms with Crippen LogP contribution < -0.4 is 0 Å². The van der Waals surface area contributed by atoms with Gasteiger partial charge in [0.1, 0.15) is 16.1 Å². The summed E-state index contributed by atoms with van der Waals surface area (Å²) in [5.74, 6) is 6.91. The van der Waals surface area contributed by atoms with Gasteiger partial charge in [-0.25, -0.2) is 4.79 Å². The molecular weight excluding hydrogens is 388 g/mol. The highest BCUT2D eigenvalue weighted by molar-refractivity contribution is 6.84. The van der Waals surface area contributed by atoms with Crippen molar-refractivity contribution in [3.05, 3.63) is 34.9 Å². The van der Waals surface area contributed by atoms with E-state index in [1.54, 1.807) is 0 Å².